The van der Waals surface area contributed by atoms with Crippen LogP contribution in [0.1, 0.15) is 0 Å². The number of carbonyl (C=O) groups is 1. The molecule has 0 bridgehead atoms. The summed E-state index contributed by atoms with van der Waals surface area (Å²) < 4.78 is 18.9. The highest BCUT2D eigenvalue weighted by molar-refractivity contribution is 7.75. The van der Waals surface area contributed by atoms with Crippen molar-refractivity contribution in [3.63, 3.8) is 0 Å². The van der Waals surface area contributed by atoms with E-state index in [4.69, 9.17) is 24.4 Å². The highest BCUT2D eigenvalue weighted by Gasteiger charge is 1.90. The Morgan fingerprint density at radius 3 is 1.53 bits per heavy atom. The van der Waals surface area contributed by atoms with Gasteiger partial charge in [0.15, 0.2) is 0 Å². The Kier molecular flexibility index (Phi) is 21.4. The zero-order valence-corrected chi connectivity index (χ0v) is 11.7. The number of aliphatic hydroxyl groups is 2. The number of thiol groups is 1. The molecule has 0 rings (SSSR count). The molecule has 0 aromatic heterocycles. The van der Waals surface area contributed by atoms with E-state index in [1.807, 2.05) is 0 Å². The minimum absolute atomic E-state index is 0.0413. The maximum Gasteiger partial charge on any atom is 0.341 e. The summed E-state index contributed by atoms with van der Waals surface area (Å²) in [4.78, 5) is 9.76. The first-order chi connectivity index (χ1) is 9.22. The van der Waals surface area contributed by atoms with Crippen molar-refractivity contribution in [2.24, 2.45) is 0 Å². The molecule has 0 heterocycles. The molecule has 0 atom stereocenters. The van der Waals surface area contributed by atoms with Crippen LogP contribution in [0.4, 0.5) is 0 Å². The molecule has 0 aromatic rings. The second-order valence-electron chi connectivity index (χ2n) is 2.90. The standard InChI is InChI=1S/C8H18O5.C3H4O2S/c9-1-3-11-5-7-13-8-6-12-4-2-10;1-2-3(4)5-6/h9-10H,1-8H2;2,6H,1H2. The lowest BCUT2D eigenvalue weighted by Gasteiger charge is -2.04. The molecule has 114 valence electrons. The van der Waals surface area contributed by atoms with Crippen molar-refractivity contribution >= 4 is 18.9 Å². The maximum absolute atomic E-state index is 9.76. The summed E-state index contributed by atoms with van der Waals surface area (Å²) in [6.45, 7) is 5.87. The average molecular weight is 298 g/mol. The first-order valence-electron chi connectivity index (χ1n) is 5.65. The summed E-state index contributed by atoms with van der Waals surface area (Å²) in [5.41, 5.74) is 0. The Bertz CT molecular complexity index is 191. The fraction of sp³-hybridized carbons (Fsp3) is 0.727. The normalized spacial score (nSPS) is 9.42. The molecule has 8 heteroatoms. The number of carbonyl (C=O) groups excluding carboxylic acids is 1. The van der Waals surface area contributed by atoms with E-state index < -0.39 is 5.97 Å². The fourth-order valence-corrected chi connectivity index (χ4v) is 0.783. The first kappa shape index (κ1) is 20.7. The zero-order valence-electron chi connectivity index (χ0n) is 10.8. The van der Waals surface area contributed by atoms with E-state index in [9.17, 15) is 4.79 Å². The van der Waals surface area contributed by atoms with E-state index in [2.05, 4.69) is 23.7 Å². The highest BCUT2D eigenvalue weighted by atomic mass is 32.1. The van der Waals surface area contributed by atoms with Crippen LogP contribution in [0, 0.1) is 0 Å². The lowest BCUT2D eigenvalue weighted by Crippen LogP contribution is -2.11. The molecule has 0 fully saturated rings. The summed E-state index contributed by atoms with van der Waals surface area (Å²) in [5.74, 6) is -0.529. The fourth-order valence-electron chi connectivity index (χ4n) is 0.708. The molecule has 0 unspecified atom stereocenters. The molecular formula is C11H22O7S. The molecule has 2 N–H and O–H groups in total. The lowest BCUT2D eigenvalue weighted by molar-refractivity contribution is -0.127. The van der Waals surface area contributed by atoms with Crippen LogP contribution < -0.4 is 0 Å². The maximum atomic E-state index is 9.76. The van der Waals surface area contributed by atoms with Crippen LogP contribution in [0.2, 0.25) is 0 Å². The van der Waals surface area contributed by atoms with Gasteiger partial charge in [0.1, 0.15) is 0 Å². The molecule has 0 radical (unpaired) electrons. The summed E-state index contributed by atoms with van der Waals surface area (Å²) in [7, 11) is 0. The Morgan fingerprint density at radius 1 is 0.947 bits per heavy atom. The number of ether oxygens (including phenoxy) is 3. The lowest BCUT2D eigenvalue weighted by atomic mass is 10.7. The monoisotopic (exact) mass is 298 g/mol. The molecule has 0 saturated carbocycles. The van der Waals surface area contributed by atoms with E-state index >= 15 is 0 Å². The van der Waals surface area contributed by atoms with Crippen molar-refractivity contribution in [3.8, 4) is 0 Å². The van der Waals surface area contributed by atoms with Crippen LogP contribution in [0.3, 0.4) is 0 Å². The van der Waals surface area contributed by atoms with Gasteiger partial charge in [-0.1, -0.05) is 6.58 Å². The van der Waals surface area contributed by atoms with Gasteiger partial charge in [-0.15, -0.1) is 0 Å². The third kappa shape index (κ3) is 22.9. The van der Waals surface area contributed by atoms with Crippen LogP contribution in [0.25, 0.3) is 0 Å². The first-order valence-corrected chi connectivity index (χ1v) is 6.02. The van der Waals surface area contributed by atoms with Crippen molar-refractivity contribution in [1.82, 2.24) is 0 Å². The van der Waals surface area contributed by atoms with Crippen molar-refractivity contribution in [2.75, 3.05) is 52.9 Å². The largest absolute Gasteiger partial charge is 0.394 e. The second-order valence-corrected chi connectivity index (χ2v) is 3.08. The minimum atomic E-state index is -0.529. The smallest absolute Gasteiger partial charge is 0.341 e. The molecule has 0 spiro atoms. The van der Waals surface area contributed by atoms with E-state index in [0.29, 0.717) is 39.6 Å². The van der Waals surface area contributed by atoms with Gasteiger partial charge < -0.3 is 28.6 Å². The molecule has 0 aliphatic rings. The van der Waals surface area contributed by atoms with Gasteiger partial charge >= 0.3 is 5.97 Å². The number of hydrogen-bond donors (Lipinski definition) is 3. The predicted molar refractivity (Wildman–Crippen MR) is 71.9 cm³/mol. The molecule has 0 aliphatic carbocycles. The zero-order chi connectivity index (χ0) is 14.8. The summed E-state index contributed by atoms with van der Waals surface area (Å²) >= 11 is 3.17. The quantitative estimate of drug-likeness (QED) is 0.206. The number of hydrogen-bond acceptors (Lipinski definition) is 8. The van der Waals surface area contributed by atoms with Crippen molar-refractivity contribution in [2.45, 2.75) is 0 Å². The van der Waals surface area contributed by atoms with Gasteiger partial charge in [-0.3, -0.25) is 0 Å². The number of aliphatic hydroxyl groups excluding tert-OH is 2. The SMILES string of the molecule is C=CC(=O)OS.OCCOCCOCCOCCO. The van der Waals surface area contributed by atoms with Gasteiger partial charge in [0.05, 0.1) is 52.9 Å². The van der Waals surface area contributed by atoms with Crippen molar-refractivity contribution < 1.29 is 33.4 Å². The van der Waals surface area contributed by atoms with Crippen LogP contribution in [0.5, 0.6) is 0 Å². The topological polar surface area (TPSA) is 94.5 Å². The van der Waals surface area contributed by atoms with Crippen molar-refractivity contribution in [1.29, 1.82) is 0 Å². The third-order valence-corrected chi connectivity index (χ3v) is 1.65. The van der Waals surface area contributed by atoms with Gasteiger partial charge in [-0.2, -0.15) is 0 Å². The molecule has 19 heavy (non-hydrogen) atoms. The van der Waals surface area contributed by atoms with Gasteiger partial charge in [0.2, 0.25) is 0 Å². The van der Waals surface area contributed by atoms with E-state index in [1.165, 1.54) is 0 Å². The summed E-state index contributed by atoms with van der Waals surface area (Å²) in [5, 5.41) is 16.7. The van der Waals surface area contributed by atoms with E-state index in [0.717, 1.165) is 6.08 Å². The minimum Gasteiger partial charge on any atom is -0.394 e. The average Bonchev–Trinajstić information content (AvgIpc) is 2.45. The molecule has 0 saturated heterocycles. The molecule has 0 amide bonds. The van der Waals surface area contributed by atoms with E-state index in [-0.39, 0.29) is 13.2 Å². The van der Waals surface area contributed by atoms with Crippen LogP contribution in [-0.2, 0) is 23.2 Å². The summed E-state index contributed by atoms with van der Waals surface area (Å²) in [6, 6.07) is 0. The number of rotatable bonds is 11. The van der Waals surface area contributed by atoms with Gasteiger partial charge in [-0.05, 0) is 0 Å². The van der Waals surface area contributed by atoms with Crippen LogP contribution >= 0.6 is 12.9 Å². The molecule has 0 aromatic carbocycles. The Hall–Kier alpha value is -0.640. The Morgan fingerprint density at radius 2 is 1.32 bits per heavy atom. The van der Waals surface area contributed by atoms with E-state index in [1.54, 1.807) is 0 Å². The van der Waals surface area contributed by atoms with Gasteiger partial charge in [-0.25, -0.2) is 4.79 Å². The van der Waals surface area contributed by atoms with Crippen LogP contribution in [-0.4, -0.2) is 69.0 Å². The Balaban J connectivity index is 0. The van der Waals surface area contributed by atoms with Gasteiger partial charge in [0, 0.05) is 19.0 Å². The molecular weight excluding hydrogens is 276 g/mol. The Labute approximate surface area is 118 Å². The highest BCUT2D eigenvalue weighted by Crippen LogP contribution is 1.80. The third-order valence-electron chi connectivity index (χ3n) is 1.47. The van der Waals surface area contributed by atoms with Crippen molar-refractivity contribution in [3.05, 3.63) is 12.7 Å². The predicted octanol–water partition coefficient (Wildman–Crippen LogP) is -0.419. The molecule has 7 nitrogen and oxygen atoms in total. The van der Waals surface area contributed by atoms with Gasteiger partial charge in [0.25, 0.3) is 0 Å². The molecule has 0 aliphatic heterocycles. The second kappa shape index (κ2) is 19.7. The summed E-state index contributed by atoms with van der Waals surface area (Å²) in [6.07, 6.45) is 1.03. The van der Waals surface area contributed by atoms with Crippen LogP contribution in [0.15, 0.2) is 12.7 Å².